The highest BCUT2D eigenvalue weighted by Gasteiger charge is 2.08. The maximum absolute atomic E-state index is 13.1. The number of aryl methyl sites for hydroxylation is 1. The SMILES string of the molecule is CC(=O)Oc1cccc(C(=O)NCCNC(=O)CCc2cccc(F)c2)c1. The first-order valence-corrected chi connectivity index (χ1v) is 8.52. The van der Waals surface area contributed by atoms with Gasteiger partial charge in [0, 0.05) is 32.0 Å². The summed E-state index contributed by atoms with van der Waals surface area (Å²) in [7, 11) is 0. The van der Waals surface area contributed by atoms with Gasteiger partial charge in [0.1, 0.15) is 11.6 Å². The first-order valence-electron chi connectivity index (χ1n) is 8.52. The Morgan fingerprint density at radius 3 is 2.48 bits per heavy atom. The third kappa shape index (κ3) is 7.27. The van der Waals surface area contributed by atoms with Crippen molar-refractivity contribution in [2.75, 3.05) is 13.1 Å². The molecule has 0 heterocycles. The van der Waals surface area contributed by atoms with Crippen molar-refractivity contribution >= 4 is 17.8 Å². The summed E-state index contributed by atoms with van der Waals surface area (Å²) in [6, 6.07) is 12.4. The van der Waals surface area contributed by atoms with E-state index in [0.717, 1.165) is 5.56 Å². The highest BCUT2D eigenvalue weighted by Crippen LogP contribution is 2.13. The molecule has 0 spiro atoms. The maximum Gasteiger partial charge on any atom is 0.308 e. The van der Waals surface area contributed by atoms with E-state index in [-0.39, 0.29) is 37.1 Å². The molecule has 2 aromatic carbocycles. The number of amides is 2. The number of carbonyl (C=O) groups is 3. The molecule has 7 heteroatoms. The van der Waals surface area contributed by atoms with Gasteiger partial charge in [0.2, 0.25) is 5.91 Å². The molecule has 142 valence electrons. The fraction of sp³-hybridized carbons (Fsp3) is 0.250. The van der Waals surface area contributed by atoms with Crippen LogP contribution in [0.3, 0.4) is 0 Å². The van der Waals surface area contributed by atoms with Gasteiger partial charge in [0.25, 0.3) is 5.91 Å². The molecule has 0 atom stereocenters. The molecule has 2 N–H and O–H groups in total. The van der Waals surface area contributed by atoms with E-state index in [0.29, 0.717) is 17.7 Å². The number of esters is 1. The van der Waals surface area contributed by atoms with Gasteiger partial charge in [-0.1, -0.05) is 18.2 Å². The quantitative estimate of drug-likeness (QED) is 0.423. The van der Waals surface area contributed by atoms with Crippen molar-refractivity contribution in [2.45, 2.75) is 19.8 Å². The summed E-state index contributed by atoms with van der Waals surface area (Å²) in [5, 5.41) is 5.37. The van der Waals surface area contributed by atoms with E-state index in [1.165, 1.54) is 25.1 Å². The lowest BCUT2D eigenvalue weighted by Crippen LogP contribution is -2.34. The van der Waals surface area contributed by atoms with Gasteiger partial charge >= 0.3 is 5.97 Å². The zero-order chi connectivity index (χ0) is 19.6. The Kier molecular flexibility index (Phi) is 7.49. The van der Waals surface area contributed by atoms with Crippen molar-refractivity contribution in [3.8, 4) is 5.75 Å². The van der Waals surface area contributed by atoms with Crippen LogP contribution in [0.5, 0.6) is 5.75 Å². The second kappa shape index (κ2) is 10.1. The van der Waals surface area contributed by atoms with Crippen molar-refractivity contribution < 1.29 is 23.5 Å². The normalized spacial score (nSPS) is 10.1. The van der Waals surface area contributed by atoms with Crippen LogP contribution in [0.2, 0.25) is 0 Å². The Balaban J connectivity index is 1.69. The summed E-state index contributed by atoms with van der Waals surface area (Å²) in [5.74, 6) is -1.01. The molecule has 0 aromatic heterocycles. The summed E-state index contributed by atoms with van der Waals surface area (Å²) in [6.45, 7) is 1.81. The smallest absolute Gasteiger partial charge is 0.308 e. The van der Waals surface area contributed by atoms with E-state index in [2.05, 4.69) is 10.6 Å². The highest BCUT2D eigenvalue weighted by molar-refractivity contribution is 5.94. The van der Waals surface area contributed by atoms with Crippen LogP contribution in [0.15, 0.2) is 48.5 Å². The Morgan fingerprint density at radius 2 is 1.74 bits per heavy atom. The lowest BCUT2D eigenvalue weighted by molar-refractivity contribution is -0.131. The summed E-state index contributed by atoms with van der Waals surface area (Å²) in [4.78, 5) is 34.8. The van der Waals surface area contributed by atoms with Crippen molar-refractivity contribution in [2.24, 2.45) is 0 Å². The van der Waals surface area contributed by atoms with Gasteiger partial charge in [0.05, 0.1) is 0 Å². The topological polar surface area (TPSA) is 84.5 Å². The molecule has 0 unspecified atom stereocenters. The van der Waals surface area contributed by atoms with Gasteiger partial charge < -0.3 is 15.4 Å². The number of carbonyl (C=O) groups excluding carboxylic acids is 3. The summed E-state index contributed by atoms with van der Waals surface area (Å²) >= 11 is 0. The number of halogens is 1. The number of rotatable bonds is 8. The van der Waals surface area contributed by atoms with Gasteiger partial charge in [0.15, 0.2) is 0 Å². The standard InChI is InChI=1S/C20H21FN2O4/c1-14(24)27-18-7-3-5-16(13-18)20(26)23-11-10-22-19(25)9-8-15-4-2-6-17(21)12-15/h2-7,12-13H,8-11H2,1H3,(H,22,25)(H,23,26). The largest absolute Gasteiger partial charge is 0.427 e. The van der Waals surface area contributed by atoms with Crippen LogP contribution in [0.1, 0.15) is 29.3 Å². The second-order valence-corrected chi connectivity index (χ2v) is 5.86. The zero-order valence-corrected chi connectivity index (χ0v) is 15.0. The van der Waals surface area contributed by atoms with Crippen LogP contribution in [0, 0.1) is 5.82 Å². The lowest BCUT2D eigenvalue weighted by atomic mass is 10.1. The van der Waals surface area contributed by atoms with Crippen LogP contribution in [-0.4, -0.2) is 30.9 Å². The molecule has 6 nitrogen and oxygen atoms in total. The molecule has 0 radical (unpaired) electrons. The molecule has 0 aliphatic heterocycles. The Hall–Kier alpha value is -3.22. The number of hydrogen-bond donors (Lipinski definition) is 2. The first-order chi connectivity index (χ1) is 12.9. The second-order valence-electron chi connectivity index (χ2n) is 5.86. The summed E-state index contributed by atoms with van der Waals surface area (Å²) < 4.78 is 18.0. The molecule has 0 aliphatic rings. The molecule has 2 rings (SSSR count). The van der Waals surface area contributed by atoms with Gasteiger partial charge in [-0.2, -0.15) is 0 Å². The van der Waals surface area contributed by atoms with Crippen LogP contribution in [-0.2, 0) is 16.0 Å². The average molecular weight is 372 g/mol. The average Bonchev–Trinajstić information content (AvgIpc) is 2.63. The van der Waals surface area contributed by atoms with Crippen molar-refractivity contribution in [1.82, 2.24) is 10.6 Å². The Labute approximate surface area is 156 Å². The summed E-state index contributed by atoms with van der Waals surface area (Å²) in [5.41, 5.74) is 1.11. The number of nitrogens with one attached hydrogen (secondary N) is 2. The highest BCUT2D eigenvalue weighted by atomic mass is 19.1. The van der Waals surface area contributed by atoms with Crippen LogP contribution < -0.4 is 15.4 Å². The minimum Gasteiger partial charge on any atom is -0.427 e. The molecule has 0 bridgehead atoms. The van der Waals surface area contributed by atoms with E-state index in [1.54, 1.807) is 30.3 Å². The van der Waals surface area contributed by atoms with E-state index < -0.39 is 5.97 Å². The lowest BCUT2D eigenvalue weighted by Gasteiger charge is -2.08. The van der Waals surface area contributed by atoms with E-state index in [9.17, 15) is 18.8 Å². The predicted molar refractivity (Wildman–Crippen MR) is 97.8 cm³/mol. The molecule has 0 saturated heterocycles. The van der Waals surface area contributed by atoms with Crippen molar-refractivity contribution in [1.29, 1.82) is 0 Å². The summed E-state index contributed by atoms with van der Waals surface area (Å²) in [6.07, 6.45) is 0.681. The Morgan fingerprint density at radius 1 is 1.00 bits per heavy atom. The molecule has 0 aliphatic carbocycles. The fourth-order valence-electron chi connectivity index (χ4n) is 2.39. The molecular formula is C20H21FN2O4. The maximum atomic E-state index is 13.1. The monoisotopic (exact) mass is 372 g/mol. The van der Waals surface area contributed by atoms with Crippen molar-refractivity contribution in [3.63, 3.8) is 0 Å². The fourth-order valence-corrected chi connectivity index (χ4v) is 2.39. The van der Waals surface area contributed by atoms with Gasteiger partial charge in [-0.25, -0.2) is 4.39 Å². The van der Waals surface area contributed by atoms with E-state index in [1.807, 2.05) is 0 Å². The molecular weight excluding hydrogens is 351 g/mol. The molecule has 27 heavy (non-hydrogen) atoms. The minimum absolute atomic E-state index is 0.176. The van der Waals surface area contributed by atoms with Crippen LogP contribution in [0.4, 0.5) is 4.39 Å². The van der Waals surface area contributed by atoms with E-state index in [4.69, 9.17) is 4.74 Å². The molecule has 0 saturated carbocycles. The molecule has 0 fully saturated rings. The third-order valence-electron chi connectivity index (χ3n) is 3.62. The van der Waals surface area contributed by atoms with Crippen LogP contribution >= 0.6 is 0 Å². The molecule has 2 amide bonds. The zero-order valence-electron chi connectivity index (χ0n) is 15.0. The number of ether oxygens (including phenoxy) is 1. The van der Waals surface area contributed by atoms with Gasteiger partial charge in [-0.15, -0.1) is 0 Å². The first kappa shape index (κ1) is 20.1. The van der Waals surface area contributed by atoms with Crippen molar-refractivity contribution in [3.05, 3.63) is 65.5 Å². The number of benzene rings is 2. The van der Waals surface area contributed by atoms with Crippen LogP contribution in [0.25, 0.3) is 0 Å². The molecule has 2 aromatic rings. The third-order valence-corrected chi connectivity index (χ3v) is 3.62. The Bertz CT molecular complexity index is 823. The van der Waals surface area contributed by atoms with E-state index >= 15 is 0 Å². The number of hydrogen-bond acceptors (Lipinski definition) is 4. The minimum atomic E-state index is -0.464. The van der Waals surface area contributed by atoms with Gasteiger partial charge in [-0.3, -0.25) is 14.4 Å². The van der Waals surface area contributed by atoms with Gasteiger partial charge in [-0.05, 0) is 42.3 Å². The predicted octanol–water partition coefficient (Wildman–Crippen LogP) is 2.23.